The monoisotopic (exact) mass is 371 g/mol. The van der Waals surface area contributed by atoms with Gasteiger partial charge in [0.2, 0.25) is 5.91 Å². The maximum Gasteiger partial charge on any atom is 0.328 e. The summed E-state index contributed by atoms with van der Waals surface area (Å²) in [6, 6.07) is 4.38. The number of anilines is 1. The van der Waals surface area contributed by atoms with Crippen LogP contribution in [0.2, 0.25) is 0 Å². The molecule has 3 rings (SSSR count). The van der Waals surface area contributed by atoms with E-state index in [1.165, 1.54) is 0 Å². The van der Waals surface area contributed by atoms with Crippen molar-refractivity contribution >= 4 is 34.4 Å². The van der Waals surface area contributed by atoms with Crippen LogP contribution in [0.1, 0.15) is 30.9 Å². The lowest BCUT2D eigenvalue weighted by molar-refractivity contribution is -0.144. The van der Waals surface area contributed by atoms with Gasteiger partial charge in [0.05, 0.1) is 0 Å². The minimum absolute atomic E-state index is 0.464. The van der Waals surface area contributed by atoms with Crippen LogP contribution in [0.4, 0.5) is 5.69 Å². The molecule has 142 valence electrons. The van der Waals surface area contributed by atoms with Crippen molar-refractivity contribution in [1.82, 2.24) is 9.88 Å². The lowest BCUT2D eigenvalue weighted by Gasteiger charge is -2.31. The molecule has 8 nitrogen and oxygen atoms in total. The van der Waals surface area contributed by atoms with E-state index in [1.807, 2.05) is 4.90 Å². The maximum absolute atomic E-state index is 12.0. The normalized spacial score (nSPS) is 16.4. The highest BCUT2D eigenvalue weighted by Gasteiger charge is 2.30. The fourth-order valence-corrected chi connectivity index (χ4v) is 3.44. The minimum atomic E-state index is -1.21. The van der Waals surface area contributed by atoms with Crippen LogP contribution in [0.15, 0.2) is 36.5 Å². The number of nitrogens with zero attached hydrogens (tertiary/aromatic N) is 1. The van der Waals surface area contributed by atoms with Crippen LogP contribution in [-0.2, 0) is 14.4 Å². The fourth-order valence-electron chi connectivity index (χ4n) is 3.44. The van der Waals surface area contributed by atoms with E-state index >= 15 is 0 Å². The number of rotatable bonds is 6. The molecule has 1 unspecified atom stereocenters. The van der Waals surface area contributed by atoms with Crippen molar-refractivity contribution in [2.75, 3.05) is 18.4 Å². The molecule has 1 amide bonds. The van der Waals surface area contributed by atoms with Crippen LogP contribution >= 0.6 is 0 Å². The van der Waals surface area contributed by atoms with Crippen molar-refractivity contribution < 1.29 is 24.6 Å². The highest BCUT2D eigenvalue weighted by atomic mass is 16.4. The van der Waals surface area contributed by atoms with E-state index in [2.05, 4.69) is 10.3 Å². The largest absolute Gasteiger partial charge is 0.480 e. The lowest BCUT2D eigenvalue weighted by atomic mass is 10.0. The number of aromatic amines is 1. The number of likely N-dealkylation sites (tertiary alicyclic amines) is 1. The summed E-state index contributed by atoms with van der Waals surface area (Å²) in [5.41, 5.74) is 1.88. The Morgan fingerprint density at radius 3 is 2.52 bits per heavy atom. The summed E-state index contributed by atoms with van der Waals surface area (Å²) in [6.07, 6.45) is 6.45. The molecule has 0 saturated carbocycles. The number of carbonyl (C=O) groups excluding carboxylic acids is 1. The van der Waals surface area contributed by atoms with Gasteiger partial charge < -0.3 is 20.5 Å². The van der Waals surface area contributed by atoms with E-state index in [9.17, 15) is 19.5 Å². The Labute approximate surface area is 155 Å². The Balaban J connectivity index is 1.90. The van der Waals surface area contributed by atoms with E-state index in [0.717, 1.165) is 50.0 Å². The molecular formula is C19H21N3O5. The molecular weight excluding hydrogens is 350 g/mol. The second kappa shape index (κ2) is 8.05. The molecule has 1 aliphatic heterocycles. The number of aliphatic carboxylic acids is 2. The zero-order valence-electron chi connectivity index (χ0n) is 14.6. The first-order chi connectivity index (χ1) is 13.0. The predicted molar refractivity (Wildman–Crippen MR) is 99.5 cm³/mol. The van der Waals surface area contributed by atoms with Crippen molar-refractivity contribution in [2.45, 2.75) is 25.3 Å². The summed E-state index contributed by atoms with van der Waals surface area (Å²) in [5, 5.41) is 21.7. The van der Waals surface area contributed by atoms with Gasteiger partial charge >= 0.3 is 11.9 Å². The number of nitrogens with one attached hydrogen (secondary N) is 2. The van der Waals surface area contributed by atoms with E-state index in [1.54, 1.807) is 24.4 Å². The average molecular weight is 371 g/mol. The smallest absolute Gasteiger partial charge is 0.328 e. The van der Waals surface area contributed by atoms with Crippen molar-refractivity contribution in [3.63, 3.8) is 0 Å². The number of hydrogen-bond donors (Lipinski definition) is 4. The van der Waals surface area contributed by atoms with Gasteiger partial charge in [-0.05, 0) is 44.1 Å². The Morgan fingerprint density at radius 1 is 1.11 bits per heavy atom. The Hall–Kier alpha value is -3.13. The van der Waals surface area contributed by atoms with Gasteiger partial charge in [-0.1, -0.05) is 6.42 Å². The number of piperidine rings is 1. The molecule has 1 fully saturated rings. The van der Waals surface area contributed by atoms with Crippen molar-refractivity contribution in [3.8, 4) is 0 Å². The maximum atomic E-state index is 12.0. The molecule has 1 aromatic heterocycles. The highest BCUT2D eigenvalue weighted by molar-refractivity contribution is 6.03. The van der Waals surface area contributed by atoms with E-state index in [0.29, 0.717) is 16.6 Å². The van der Waals surface area contributed by atoms with Gasteiger partial charge in [-0.2, -0.15) is 0 Å². The number of benzene rings is 1. The second-order valence-corrected chi connectivity index (χ2v) is 6.50. The summed E-state index contributed by atoms with van der Waals surface area (Å²) in [6.45, 7) is 1.47. The predicted octanol–water partition coefficient (Wildman–Crippen LogP) is 2.36. The summed E-state index contributed by atoms with van der Waals surface area (Å²) >= 11 is 0. The molecule has 8 heteroatoms. The Kier molecular flexibility index (Phi) is 5.56. The van der Waals surface area contributed by atoms with Gasteiger partial charge in [0.25, 0.3) is 0 Å². The van der Waals surface area contributed by atoms with Crippen LogP contribution in [0, 0.1) is 0 Å². The number of aromatic nitrogens is 1. The first-order valence-electron chi connectivity index (χ1n) is 8.75. The van der Waals surface area contributed by atoms with Gasteiger partial charge in [-0.15, -0.1) is 0 Å². The molecule has 0 radical (unpaired) electrons. The summed E-state index contributed by atoms with van der Waals surface area (Å²) < 4.78 is 0. The molecule has 2 aromatic rings. The molecule has 1 atom stereocenters. The quantitative estimate of drug-likeness (QED) is 0.578. The third kappa shape index (κ3) is 4.35. The number of carboxylic acid groups (broad SMARTS) is 2. The number of fused-ring (bicyclic) bond motifs is 1. The standard InChI is InChI=1S/C19H21N3O5/c23-16(6-7-17(24)25)21-12-4-5-15-13(10-12)14(11-20-15)18(19(26)27)22-8-2-1-3-9-22/h4-7,10-11,18,20H,1-3,8-9H2,(H,21,23)(H,24,25)(H,26,27)/b7-6+. The minimum Gasteiger partial charge on any atom is -0.480 e. The fraction of sp³-hybridized carbons (Fsp3) is 0.316. The molecule has 0 spiro atoms. The molecule has 1 aliphatic rings. The van der Waals surface area contributed by atoms with Crippen LogP contribution in [-0.4, -0.2) is 51.0 Å². The van der Waals surface area contributed by atoms with Crippen molar-refractivity contribution in [1.29, 1.82) is 0 Å². The molecule has 1 aromatic carbocycles. The molecule has 0 aliphatic carbocycles. The van der Waals surface area contributed by atoms with Gasteiger partial charge in [0, 0.05) is 40.5 Å². The topological polar surface area (TPSA) is 123 Å². The summed E-state index contributed by atoms with van der Waals surface area (Å²) in [7, 11) is 0. The molecule has 4 N–H and O–H groups in total. The van der Waals surface area contributed by atoms with Crippen molar-refractivity contribution in [2.24, 2.45) is 0 Å². The third-order valence-electron chi connectivity index (χ3n) is 4.64. The number of H-pyrrole nitrogens is 1. The first-order valence-corrected chi connectivity index (χ1v) is 8.75. The number of carboxylic acids is 2. The van der Waals surface area contributed by atoms with Crippen LogP contribution in [0.25, 0.3) is 10.9 Å². The van der Waals surface area contributed by atoms with Gasteiger partial charge in [-0.25, -0.2) is 4.79 Å². The first kappa shape index (κ1) is 18.7. The molecule has 1 saturated heterocycles. The Morgan fingerprint density at radius 2 is 1.85 bits per heavy atom. The summed E-state index contributed by atoms with van der Waals surface area (Å²) in [5.74, 6) is -2.68. The summed E-state index contributed by atoms with van der Waals surface area (Å²) in [4.78, 5) is 39.3. The zero-order chi connectivity index (χ0) is 19.4. The van der Waals surface area contributed by atoms with Crippen LogP contribution < -0.4 is 5.32 Å². The molecule has 0 bridgehead atoms. The van der Waals surface area contributed by atoms with Crippen molar-refractivity contribution in [3.05, 3.63) is 42.1 Å². The lowest BCUT2D eigenvalue weighted by Crippen LogP contribution is -2.37. The Bertz CT molecular complexity index is 896. The highest BCUT2D eigenvalue weighted by Crippen LogP contribution is 2.32. The van der Waals surface area contributed by atoms with Gasteiger partial charge in [0.1, 0.15) is 6.04 Å². The molecule has 27 heavy (non-hydrogen) atoms. The number of hydrogen-bond acceptors (Lipinski definition) is 4. The van der Waals surface area contributed by atoms with E-state index < -0.39 is 23.9 Å². The van der Waals surface area contributed by atoms with Crippen LogP contribution in [0.3, 0.4) is 0 Å². The van der Waals surface area contributed by atoms with Gasteiger partial charge in [0.15, 0.2) is 0 Å². The average Bonchev–Trinajstić information content (AvgIpc) is 3.04. The van der Waals surface area contributed by atoms with E-state index in [4.69, 9.17) is 5.11 Å². The number of amides is 1. The third-order valence-corrected chi connectivity index (χ3v) is 4.64. The van der Waals surface area contributed by atoms with Gasteiger partial charge in [-0.3, -0.25) is 14.5 Å². The SMILES string of the molecule is O=C(O)/C=C/C(=O)Nc1ccc2[nH]cc(C(C(=O)O)N3CCCCC3)c2c1. The molecule has 2 heterocycles. The zero-order valence-corrected chi connectivity index (χ0v) is 14.6. The van der Waals surface area contributed by atoms with E-state index in [-0.39, 0.29) is 0 Å². The second-order valence-electron chi connectivity index (χ2n) is 6.50. The number of carbonyl (C=O) groups is 3. The van der Waals surface area contributed by atoms with Crippen LogP contribution in [0.5, 0.6) is 0 Å².